The van der Waals surface area contributed by atoms with Gasteiger partial charge >= 0.3 is 22.1 Å². The maximum absolute atomic E-state index is 11.6. The fourth-order valence-corrected chi connectivity index (χ4v) is 1.82. The van der Waals surface area contributed by atoms with E-state index < -0.39 is 39.3 Å². The zero-order valence-electron chi connectivity index (χ0n) is 10.7. The van der Waals surface area contributed by atoms with Gasteiger partial charge in [-0.1, -0.05) is 20.8 Å². The van der Waals surface area contributed by atoms with E-state index in [-0.39, 0.29) is 6.42 Å². The van der Waals surface area contributed by atoms with E-state index in [2.05, 4.69) is 9.47 Å². The first-order valence-electron chi connectivity index (χ1n) is 5.39. The van der Waals surface area contributed by atoms with Gasteiger partial charge in [0.15, 0.2) is 0 Å². The predicted molar refractivity (Wildman–Crippen MR) is 62.1 cm³/mol. The highest BCUT2D eigenvalue weighted by atomic mass is 32.2. The van der Waals surface area contributed by atoms with Crippen LogP contribution >= 0.6 is 0 Å². The van der Waals surface area contributed by atoms with Crippen LogP contribution in [-0.4, -0.2) is 37.5 Å². The molecular weight excluding hydrogens is 264 g/mol. The molecule has 7 nitrogen and oxygen atoms in total. The molecular formula is C10H18O7S. The number of hydrogen-bond acceptors (Lipinski definition) is 6. The normalized spacial score (nSPS) is 16.5. The Balaban J connectivity index is 4.72. The Bertz CT molecular complexity index is 400. The van der Waals surface area contributed by atoms with Crippen molar-refractivity contribution in [1.29, 1.82) is 0 Å². The maximum Gasteiger partial charge on any atom is 0.310 e. The Kier molecular flexibility index (Phi) is 6.27. The van der Waals surface area contributed by atoms with Crippen molar-refractivity contribution in [1.82, 2.24) is 0 Å². The van der Waals surface area contributed by atoms with Crippen LogP contribution in [0.2, 0.25) is 0 Å². The van der Waals surface area contributed by atoms with Crippen molar-refractivity contribution < 1.29 is 32.0 Å². The molecule has 0 aromatic rings. The number of rotatable bonds is 6. The molecule has 0 aliphatic carbocycles. The molecule has 106 valence electrons. The Labute approximate surface area is 106 Å². The van der Waals surface area contributed by atoms with Crippen molar-refractivity contribution in [2.45, 2.75) is 32.6 Å². The minimum absolute atomic E-state index is 0.0795. The number of ether oxygens (including phenoxy) is 2. The lowest BCUT2D eigenvalue weighted by atomic mass is 9.96. The van der Waals surface area contributed by atoms with Gasteiger partial charge < -0.3 is 9.47 Å². The standard InChI is InChI=1S/C10H18O7S/c1-5-8(18(13,14)15)17-10(12)7(3)6(2)9(11)16-4/h6-8H,5H2,1-4H3,(H,13,14,15). The zero-order valence-corrected chi connectivity index (χ0v) is 11.6. The predicted octanol–water partition coefficient (Wildman–Crippen LogP) is 0.599. The third-order valence-corrected chi connectivity index (χ3v) is 3.70. The first kappa shape index (κ1) is 16.9. The van der Waals surface area contributed by atoms with E-state index in [9.17, 15) is 18.0 Å². The van der Waals surface area contributed by atoms with Gasteiger partial charge in [-0.25, -0.2) is 0 Å². The first-order valence-corrected chi connectivity index (χ1v) is 6.90. The summed E-state index contributed by atoms with van der Waals surface area (Å²) >= 11 is 0. The Morgan fingerprint density at radius 3 is 1.94 bits per heavy atom. The van der Waals surface area contributed by atoms with Crippen LogP contribution in [0.4, 0.5) is 0 Å². The van der Waals surface area contributed by atoms with Gasteiger partial charge in [0.25, 0.3) is 0 Å². The smallest absolute Gasteiger partial charge is 0.310 e. The monoisotopic (exact) mass is 282 g/mol. The molecule has 0 aromatic carbocycles. The van der Waals surface area contributed by atoms with Crippen molar-refractivity contribution in [3.8, 4) is 0 Å². The van der Waals surface area contributed by atoms with Gasteiger partial charge in [0.2, 0.25) is 5.44 Å². The minimum atomic E-state index is -4.45. The third-order valence-electron chi connectivity index (χ3n) is 2.61. The zero-order chi connectivity index (χ0) is 14.5. The van der Waals surface area contributed by atoms with E-state index in [1.807, 2.05) is 0 Å². The lowest BCUT2D eigenvalue weighted by Crippen LogP contribution is -2.33. The maximum atomic E-state index is 11.6. The molecule has 0 rings (SSSR count). The molecule has 0 spiro atoms. The third kappa shape index (κ3) is 4.61. The van der Waals surface area contributed by atoms with Crippen molar-refractivity contribution in [3.05, 3.63) is 0 Å². The summed E-state index contributed by atoms with van der Waals surface area (Å²) in [5, 5.41) is 0. The van der Waals surface area contributed by atoms with Crippen LogP contribution in [0.15, 0.2) is 0 Å². The van der Waals surface area contributed by atoms with Crippen molar-refractivity contribution in [2.24, 2.45) is 11.8 Å². The number of carbonyl (C=O) groups is 2. The van der Waals surface area contributed by atoms with Crippen LogP contribution in [-0.2, 0) is 29.2 Å². The lowest BCUT2D eigenvalue weighted by molar-refractivity contribution is -0.159. The average molecular weight is 282 g/mol. The van der Waals surface area contributed by atoms with Crippen molar-refractivity contribution in [2.75, 3.05) is 7.11 Å². The number of carbonyl (C=O) groups excluding carboxylic acids is 2. The first-order chi connectivity index (χ1) is 8.15. The molecule has 0 saturated carbocycles. The molecule has 0 radical (unpaired) electrons. The highest BCUT2D eigenvalue weighted by molar-refractivity contribution is 7.86. The summed E-state index contributed by atoms with van der Waals surface area (Å²) in [6, 6.07) is 0. The molecule has 0 aliphatic rings. The second-order valence-corrected chi connectivity index (χ2v) is 5.45. The van der Waals surface area contributed by atoms with E-state index in [0.29, 0.717) is 0 Å². The van der Waals surface area contributed by atoms with Crippen molar-refractivity contribution in [3.63, 3.8) is 0 Å². The van der Waals surface area contributed by atoms with Crippen LogP contribution in [0.3, 0.4) is 0 Å². The van der Waals surface area contributed by atoms with E-state index >= 15 is 0 Å². The summed E-state index contributed by atoms with van der Waals surface area (Å²) in [7, 11) is -3.27. The van der Waals surface area contributed by atoms with Crippen LogP contribution in [0.1, 0.15) is 27.2 Å². The summed E-state index contributed by atoms with van der Waals surface area (Å²) in [5.74, 6) is -3.11. The fraction of sp³-hybridized carbons (Fsp3) is 0.800. The topological polar surface area (TPSA) is 107 Å². The second-order valence-electron chi connectivity index (χ2n) is 3.89. The molecule has 0 heterocycles. The molecule has 1 N–H and O–H groups in total. The molecule has 8 heteroatoms. The minimum Gasteiger partial charge on any atom is -0.469 e. The lowest BCUT2D eigenvalue weighted by Gasteiger charge is -2.19. The van der Waals surface area contributed by atoms with Gasteiger partial charge in [0.1, 0.15) is 0 Å². The van der Waals surface area contributed by atoms with E-state index in [1.165, 1.54) is 27.9 Å². The summed E-state index contributed by atoms with van der Waals surface area (Å²) in [5.41, 5.74) is -1.61. The molecule has 0 fully saturated rings. The summed E-state index contributed by atoms with van der Waals surface area (Å²) < 4.78 is 39.7. The van der Waals surface area contributed by atoms with E-state index in [1.54, 1.807) is 0 Å². The van der Waals surface area contributed by atoms with Gasteiger partial charge in [-0.3, -0.25) is 14.1 Å². The van der Waals surface area contributed by atoms with Gasteiger partial charge in [-0.15, -0.1) is 0 Å². The van der Waals surface area contributed by atoms with Crippen LogP contribution < -0.4 is 0 Å². The Hall–Kier alpha value is -1.15. The van der Waals surface area contributed by atoms with E-state index in [0.717, 1.165) is 0 Å². The molecule has 0 aliphatic heterocycles. The summed E-state index contributed by atoms with van der Waals surface area (Å²) in [4.78, 5) is 22.8. The molecule has 0 saturated heterocycles. The van der Waals surface area contributed by atoms with Crippen LogP contribution in [0.25, 0.3) is 0 Å². The van der Waals surface area contributed by atoms with Crippen molar-refractivity contribution >= 4 is 22.1 Å². The van der Waals surface area contributed by atoms with Gasteiger partial charge in [0, 0.05) is 0 Å². The van der Waals surface area contributed by atoms with Crippen LogP contribution in [0.5, 0.6) is 0 Å². The SMILES string of the molecule is CCC(OC(=O)C(C)C(C)C(=O)OC)S(=O)(=O)O. The largest absolute Gasteiger partial charge is 0.469 e. The second kappa shape index (κ2) is 6.69. The quantitative estimate of drug-likeness (QED) is 0.561. The summed E-state index contributed by atoms with van der Waals surface area (Å²) in [6.07, 6.45) is -0.0795. The highest BCUT2D eigenvalue weighted by Crippen LogP contribution is 2.17. The highest BCUT2D eigenvalue weighted by Gasteiger charge is 2.32. The van der Waals surface area contributed by atoms with Gasteiger partial charge in [0.05, 0.1) is 18.9 Å². The van der Waals surface area contributed by atoms with E-state index in [4.69, 9.17) is 4.55 Å². The molecule has 18 heavy (non-hydrogen) atoms. The Morgan fingerprint density at radius 1 is 1.17 bits per heavy atom. The van der Waals surface area contributed by atoms with Gasteiger partial charge in [-0.2, -0.15) is 8.42 Å². The molecule has 0 aromatic heterocycles. The van der Waals surface area contributed by atoms with Crippen LogP contribution in [0, 0.1) is 11.8 Å². The molecule has 3 unspecified atom stereocenters. The fourth-order valence-electron chi connectivity index (χ4n) is 1.19. The average Bonchev–Trinajstić information content (AvgIpc) is 2.30. The number of methoxy groups -OCH3 is 1. The Morgan fingerprint density at radius 2 is 1.61 bits per heavy atom. The number of hydrogen-bond donors (Lipinski definition) is 1. The van der Waals surface area contributed by atoms with Gasteiger partial charge in [-0.05, 0) is 6.42 Å². The molecule has 0 bridgehead atoms. The number of esters is 2. The summed E-state index contributed by atoms with van der Waals surface area (Å²) in [6.45, 7) is 4.33. The molecule has 0 amide bonds. The molecule has 3 atom stereocenters.